The predicted molar refractivity (Wildman–Crippen MR) is 124 cm³/mol. The number of phenols is 1. The van der Waals surface area contributed by atoms with Gasteiger partial charge in [0.15, 0.2) is 0 Å². The van der Waals surface area contributed by atoms with Crippen LogP contribution in [0.4, 0.5) is 0 Å². The number of ether oxygens (including phenoxy) is 1. The normalized spacial score (nSPS) is 11.4. The van der Waals surface area contributed by atoms with Crippen molar-refractivity contribution in [2.45, 2.75) is 13.3 Å². The summed E-state index contributed by atoms with van der Waals surface area (Å²) in [6.07, 6.45) is 0.903. The molecular formula is C25H28ClNO2. The highest BCUT2D eigenvalue weighted by Gasteiger charge is 2.13. The van der Waals surface area contributed by atoms with Crippen LogP contribution in [-0.4, -0.2) is 25.3 Å². The second kappa shape index (κ2) is 11.3. The minimum atomic E-state index is 0. The van der Waals surface area contributed by atoms with Gasteiger partial charge in [-0.05, 0) is 65.6 Å². The number of hydrogen-bond donors (Lipinski definition) is 2. The smallest absolute Gasteiger partial charge is 0.119 e. The van der Waals surface area contributed by atoms with E-state index in [1.165, 1.54) is 16.7 Å². The van der Waals surface area contributed by atoms with Crippen LogP contribution in [0.15, 0.2) is 78.9 Å². The molecule has 0 aliphatic carbocycles. The highest BCUT2D eigenvalue weighted by atomic mass is 35.5. The fourth-order valence-electron chi connectivity index (χ4n) is 3.30. The van der Waals surface area contributed by atoms with E-state index in [1.54, 1.807) is 12.1 Å². The molecule has 3 nitrogen and oxygen atoms in total. The minimum absolute atomic E-state index is 0. The lowest BCUT2D eigenvalue weighted by atomic mass is 9.88. The Balaban J connectivity index is 0.00000300. The molecule has 3 aromatic rings. The third kappa shape index (κ3) is 5.86. The average Bonchev–Trinajstić information content (AvgIpc) is 2.74. The molecule has 0 aromatic heterocycles. The summed E-state index contributed by atoms with van der Waals surface area (Å²) >= 11 is 0. The minimum Gasteiger partial charge on any atom is -0.508 e. The van der Waals surface area contributed by atoms with Gasteiger partial charge in [0.25, 0.3) is 0 Å². The molecular weight excluding hydrogens is 382 g/mol. The summed E-state index contributed by atoms with van der Waals surface area (Å²) in [5, 5.41) is 12.8. The van der Waals surface area contributed by atoms with Crippen molar-refractivity contribution in [2.24, 2.45) is 0 Å². The van der Waals surface area contributed by atoms with E-state index in [0.717, 1.165) is 29.8 Å². The van der Waals surface area contributed by atoms with Crippen LogP contribution in [0, 0.1) is 0 Å². The number of halogens is 1. The van der Waals surface area contributed by atoms with Gasteiger partial charge < -0.3 is 15.2 Å². The molecule has 0 unspecified atom stereocenters. The zero-order valence-electron chi connectivity index (χ0n) is 16.9. The second-order valence-electron chi connectivity index (χ2n) is 6.60. The van der Waals surface area contributed by atoms with Crippen LogP contribution in [0.2, 0.25) is 0 Å². The van der Waals surface area contributed by atoms with Crippen molar-refractivity contribution in [3.63, 3.8) is 0 Å². The quantitative estimate of drug-likeness (QED) is 0.366. The van der Waals surface area contributed by atoms with E-state index in [-0.39, 0.29) is 18.2 Å². The van der Waals surface area contributed by atoms with Crippen LogP contribution >= 0.6 is 12.4 Å². The number of phenolic OH excluding ortho intramolecular Hbond substituents is 1. The van der Waals surface area contributed by atoms with Gasteiger partial charge in [0, 0.05) is 6.54 Å². The van der Waals surface area contributed by atoms with E-state index < -0.39 is 0 Å². The molecule has 0 bridgehead atoms. The maximum Gasteiger partial charge on any atom is 0.119 e. The Bertz CT molecular complexity index is 904. The summed E-state index contributed by atoms with van der Waals surface area (Å²) in [7, 11) is 1.91. The maximum absolute atomic E-state index is 9.72. The number of nitrogens with one attached hydrogen (secondary N) is 1. The Labute approximate surface area is 179 Å². The fourth-order valence-corrected chi connectivity index (χ4v) is 3.30. The lowest BCUT2D eigenvalue weighted by Gasteiger charge is -2.17. The van der Waals surface area contributed by atoms with Gasteiger partial charge in [-0.25, -0.2) is 0 Å². The molecule has 3 aromatic carbocycles. The highest BCUT2D eigenvalue weighted by molar-refractivity contribution is 5.98. The molecule has 0 amide bonds. The first kappa shape index (κ1) is 22.5. The van der Waals surface area contributed by atoms with Gasteiger partial charge in [-0.1, -0.05) is 61.5 Å². The molecule has 4 heteroatoms. The summed E-state index contributed by atoms with van der Waals surface area (Å²) in [6, 6.07) is 26.1. The topological polar surface area (TPSA) is 41.5 Å². The Morgan fingerprint density at radius 3 is 1.97 bits per heavy atom. The van der Waals surface area contributed by atoms with Gasteiger partial charge >= 0.3 is 0 Å². The van der Waals surface area contributed by atoms with Gasteiger partial charge in [0.1, 0.15) is 18.1 Å². The molecule has 0 aliphatic rings. The predicted octanol–water partition coefficient (Wildman–Crippen LogP) is 5.78. The first-order chi connectivity index (χ1) is 13.7. The van der Waals surface area contributed by atoms with E-state index in [0.29, 0.717) is 6.61 Å². The Morgan fingerprint density at radius 2 is 1.41 bits per heavy atom. The second-order valence-corrected chi connectivity index (χ2v) is 6.60. The lowest BCUT2D eigenvalue weighted by Crippen LogP contribution is -2.15. The van der Waals surface area contributed by atoms with Crippen molar-refractivity contribution >= 4 is 23.6 Å². The molecule has 3 rings (SSSR count). The van der Waals surface area contributed by atoms with Gasteiger partial charge in [0.2, 0.25) is 0 Å². The van der Waals surface area contributed by atoms with Crippen molar-refractivity contribution in [3.05, 3.63) is 95.6 Å². The molecule has 0 aliphatic heterocycles. The number of aromatic hydroxyl groups is 1. The molecule has 29 heavy (non-hydrogen) atoms. The number of rotatable bonds is 8. The molecule has 0 saturated heterocycles. The molecule has 152 valence electrons. The van der Waals surface area contributed by atoms with E-state index >= 15 is 0 Å². The summed E-state index contributed by atoms with van der Waals surface area (Å²) in [6.45, 7) is 3.63. The van der Waals surface area contributed by atoms with Gasteiger partial charge in [0.05, 0.1) is 0 Å². The van der Waals surface area contributed by atoms with E-state index in [2.05, 4.69) is 48.6 Å². The van der Waals surface area contributed by atoms with Crippen LogP contribution in [0.25, 0.3) is 11.1 Å². The number of benzene rings is 3. The SMILES string of the molecule is CC/C(=C(\c1ccc(O)cc1)c1ccc(OCCNC)cc1)c1ccccc1.Cl. The molecule has 0 spiro atoms. The number of likely N-dealkylation sites (N-methyl/N-ethyl adjacent to an activating group) is 1. The van der Waals surface area contributed by atoms with Crippen molar-refractivity contribution in [1.29, 1.82) is 0 Å². The van der Waals surface area contributed by atoms with Crippen LogP contribution in [0.1, 0.15) is 30.0 Å². The molecule has 2 N–H and O–H groups in total. The summed E-state index contributed by atoms with van der Waals surface area (Å²) in [4.78, 5) is 0. The summed E-state index contributed by atoms with van der Waals surface area (Å²) < 4.78 is 5.76. The third-order valence-electron chi connectivity index (χ3n) is 4.70. The third-order valence-corrected chi connectivity index (χ3v) is 4.70. The monoisotopic (exact) mass is 409 g/mol. The van der Waals surface area contributed by atoms with Crippen LogP contribution in [0.5, 0.6) is 11.5 Å². The Kier molecular flexibility index (Phi) is 8.78. The van der Waals surface area contributed by atoms with Gasteiger partial charge in [-0.3, -0.25) is 0 Å². The fraction of sp³-hybridized carbons (Fsp3) is 0.200. The van der Waals surface area contributed by atoms with Gasteiger partial charge in [-0.2, -0.15) is 0 Å². The van der Waals surface area contributed by atoms with E-state index in [1.807, 2.05) is 37.4 Å². The van der Waals surface area contributed by atoms with Crippen LogP contribution in [0.3, 0.4) is 0 Å². The lowest BCUT2D eigenvalue weighted by molar-refractivity contribution is 0.318. The molecule has 0 atom stereocenters. The molecule has 0 heterocycles. The Morgan fingerprint density at radius 1 is 0.828 bits per heavy atom. The molecule has 0 fully saturated rings. The number of allylic oxidation sites excluding steroid dienone is 1. The summed E-state index contributed by atoms with van der Waals surface area (Å²) in [5.74, 6) is 1.14. The number of hydrogen-bond acceptors (Lipinski definition) is 3. The molecule has 0 saturated carbocycles. The van der Waals surface area contributed by atoms with E-state index in [4.69, 9.17) is 4.74 Å². The van der Waals surface area contributed by atoms with E-state index in [9.17, 15) is 5.11 Å². The Hall–Kier alpha value is -2.75. The highest BCUT2D eigenvalue weighted by Crippen LogP contribution is 2.35. The largest absolute Gasteiger partial charge is 0.508 e. The van der Waals surface area contributed by atoms with Crippen molar-refractivity contribution in [1.82, 2.24) is 5.32 Å². The van der Waals surface area contributed by atoms with Crippen molar-refractivity contribution < 1.29 is 9.84 Å². The zero-order valence-corrected chi connectivity index (χ0v) is 17.7. The van der Waals surface area contributed by atoms with Crippen LogP contribution in [-0.2, 0) is 0 Å². The van der Waals surface area contributed by atoms with Gasteiger partial charge in [-0.15, -0.1) is 12.4 Å². The zero-order chi connectivity index (χ0) is 19.8. The first-order valence-corrected chi connectivity index (χ1v) is 9.68. The first-order valence-electron chi connectivity index (χ1n) is 9.68. The van der Waals surface area contributed by atoms with Crippen molar-refractivity contribution in [2.75, 3.05) is 20.2 Å². The average molecular weight is 410 g/mol. The maximum atomic E-state index is 9.72. The van der Waals surface area contributed by atoms with Crippen LogP contribution < -0.4 is 10.1 Å². The molecule has 0 radical (unpaired) electrons. The summed E-state index contributed by atoms with van der Waals surface area (Å²) in [5.41, 5.74) is 5.88. The van der Waals surface area contributed by atoms with Crippen molar-refractivity contribution in [3.8, 4) is 11.5 Å². The standard InChI is InChI=1S/C25H27NO2.ClH/c1-3-24(19-7-5-4-6-8-19)25(20-9-13-22(27)14-10-20)21-11-15-23(16-12-21)28-18-17-26-2;/h4-16,26-27H,3,17-18H2,1-2H3;1H/b25-24-;.